The molecule has 186 valence electrons. The van der Waals surface area contributed by atoms with E-state index in [1.165, 1.54) is 6.26 Å². The Labute approximate surface area is 211 Å². The van der Waals surface area contributed by atoms with Gasteiger partial charge in [0.2, 0.25) is 11.9 Å². The van der Waals surface area contributed by atoms with Gasteiger partial charge in [0.05, 0.1) is 16.8 Å². The third kappa shape index (κ3) is 5.66. The fourth-order valence-corrected chi connectivity index (χ4v) is 4.78. The van der Waals surface area contributed by atoms with Crippen molar-refractivity contribution in [2.75, 3.05) is 29.3 Å². The topological polar surface area (TPSA) is 119 Å². The number of fused-ring (bicyclic) bond motifs is 1. The Morgan fingerprint density at radius 1 is 1.09 bits per heavy atom. The Hall–Kier alpha value is -3.37. The number of hydrogen-bond acceptors (Lipinski definition) is 8. The molecule has 0 amide bonds. The van der Waals surface area contributed by atoms with Gasteiger partial charge >= 0.3 is 0 Å². The maximum Gasteiger partial charge on any atom is 0.229 e. The van der Waals surface area contributed by atoms with Crippen LogP contribution in [0.4, 0.5) is 29.1 Å². The molecule has 0 saturated carbocycles. The summed E-state index contributed by atoms with van der Waals surface area (Å²) < 4.78 is 24.9. The summed E-state index contributed by atoms with van der Waals surface area (Å²) in [5.41, 5.74) is 11.5. The molecule has 0 fully saturated rings. The maximum absolute atomic E-state index is 11.5. The molecule has 2 heterocycles. The van der Waals surface area contributed by atoms with Gasteiger partial charge in [-0.2, -0.15) is 4.98 Å². The number of anilines is 5. The van der Waals surface area contributed by atoms with Gasteiger partial charge in [-0.05, 0) is 41.8 Å². The average molecular weight is 516 g/mol. The molecule has 11 heteroatoms. The zero-order valence-electron chi connectivity index (χ0n) is 20.3. The largest absolute Gasteiger partial charge is 0.369 e. The van der Waals surface area contributed by atoms with Gasteiger partial charge in [-0.15, -0.1) is 12.4 Å². The summed E-state index contributed by atoms with van der Waals surface area (Å²) in [6.45, 7) is 4.27. The van der Waals surface area contributed by atoms with E-state index < -0.39 is 9.84 Å². The lowest BCUT2D eigenvalue weighted by Crippen LogP contribution is -2.15. The first kappa shape index (κ1) is 26.2. The summed E-state index contributed by atoms with van der Waals surface area (Å²) in [5.74, 6) is 1.87. The molecule has 0 aliphatic carbocycles. The van der Waals surface area contributed by atoms with Gasteiger partial charge in [-0.1, -0.05) is 26.0 Å². The third-order valence-electron chi connectivity index (χ3n) is 5.67. The molecule has 0 saturated heterocycles. The van der Waals surface area contributed by atoms with Crippen molar-refractivity contribution in [1.29, 1.82) is 0 Å². The Balaban J connectivity index is 0.00000342. The van der Waals surface area contributed by atoms with Crippen LogP contribution in [0.5, 0.6) is 0 Å². The zero-order chi connectivity index (χ0) is 24.6. The van der Waals surface area contributed by atoms with E-state index in [4.69, 9.17) is 5.73 Å². The fourth-order valence-electron chi connectivity index (χ4n) is 3.98. The van der Waals surface area contributed by atoms with Crippen molar-refractivity contribution in [2.24, 2.45) is 7.05 Å². The van der Waals surface area contributed by atoms with Crippen molar-refractivity contribution < 1.29 is 8.42 Å². The number of nitrogen functional groups attached to an aromatic ring is 1. The molecule has 0 radical (unpaired) electrons. The van der Waals surface area contributed by atoms with Gasteiger partial charge in [-0.3, -0.25) is 0 Å². The molecule has 4 aromatic rings. The van der Waals surface area contributed by atoms with Crippen LogP contribution in [0, 0.1) is 0 Å². The van der Waals surface area contributed by atoms with Crippen molar-refractivity contribution in [3.05, 3.63) is 59.8 Å². The highest BCUT2D eigenvalue weighted by Crippen LogP contribution is 2.37. The molecule has 9 nitrogen and oxygen atoms in total. The molecule has 2 aromatic heterocycles. The van der Waals surface area contributed by atoms with Crippen LogP contribution in [0.2, 0.25) is 0 Å². The van der Waals surface area contributed by atoms with Crippen LogP contribution >= 0.6 is 12.4 Å². The number of halogens is 1. The quantitative estimate of drug-likeness (QED) is 0.368. The lowest BCUT2D eigenvalue weighted by atomic mass is 9.98. The minimum absolute atomic E-state index is 0. The van der Waals surface area contributed by atoms with Crippen molar-refractivity contribution in [3.63, 3.8) is 0 Å². The number of rotatable bonds is 7. The van der Waals surface area contributed by atoms with Crippen molar-refractivity contribution in [2.45, 2.75) is 25.5 Å². The fraction of sp³-hybridized carbons (Fsp3) is 0.292. The molecule has 0 atom stereocenters. The average Bonchev–Trinajstić information content (AvgIpc) is 3.06. The lowest BCUT2D eigenvalue weighted by Gasteiger charge is -2.24. The van der Waals surface area contributed by atoms with E-state index in [1.807, 2.05) is 47.8 Å². The van der Waals surface area contributed by atoms with E-state index in [0.29, 0.717) is 11.9 Å². The normalized spacial score (nSPS) is 11.5. The summed E-state index contributed by atoms with van der Waals surface area (Å²) in [4.78, 5) is 15.6. The lowest BCUT2D eigenvalue weighted by molar-refractivity contribution is 0.601. The molecular formula is C24H30ClN7O2S. The van der Waals surface area contributed by atoms with Gasteiger partial charge in [0.25, 0.3) is 0 Å². The second kappa shape index (κ2) is 10.1. The number of aryl methyl sites for hydroxylation is 1. The molecular weight excluding hydrogens is 486 g/mol. The highest BCUT2D eigenvalue weighted by atomic mass is 35.5. The first-order chi connectivity index (χ1) is 16.0. The number of hydrogen-bond donors (Lipinski definition) is 2. The summed E-state index contributed by atoms with van der Waals surface area (Å²) >= 11 is 0. The first-order valence-electron chi connectivity index (χ1n) is 10.9. The van der Waals surface area contributed by atoms with E-state index in [9.17, 15) is 8.42 Å². The van der Waals surface area contributed by atoms with Gasteiger partial charge in [0.15, 0.2) is 9.84 Å². The molecule has 0 unspecified atom stereocenters. The summed E-state index contributed by atoms with van der Waals surface area (Å²) in [7, 11) is 0.796. The number of nitrogens with zero attached hydrogens (tertiary/aromatic N) is 5. The standard InChI is InChI=1S/C24H29N7O2S.ClH/c1-15(2)21-18(10-11-19-22(21)29-23(25)31(19)4)30(3)20-12-13-26-24(28-20)27-17-8-6-16(7-9-17)14-34(5,32)33;/h6-13,15H,14H2,1-5H3,(H2,25,29)(H,26,27,28);1H. The maximum atomic E-state index is 11.5. The highest BCUT2D eigenvalue weighted by molar-refractivity contribution is 7.89. The van der Waals surface area contributed by atoms with Crippen molar-refractivity contribution in [3.8, 4) is 0 Å². The zero-order valence-corrected chi connectivity index (χ0v) is 22.0. The predicted molar refractivity (Wildman–Crippen MR) is 145 cm³/mol. The predicted octanol–water partition coefficient (Wildman–Crippen LogP) is 4.55. The van der Waals surface area contributed by atoms with Gasteiger partial charge in [-0.25, -0.2) is 18.4 Å². The summed E-state index contributed by atoms with van der Waals surface area (Å²) in [5, 5.41) is 3.19. The Bertz CT molecular complexity index is 1450. The van der Waals surface area contributed by atoms with Crippen LogP contribution < -0.4 is 16.0 Å². The number of imidazole rings is 1. The van der Waals surface area contributed by atoms with E-state index >= 15 is 0 Å². The number of benzene rings is 2. The Morgan fingerprint density at radius 2 is 1.77 bits per heavy atom. The van der Waals surface area contributed by atoms with E-state index in [1.54, 1.807) is 18.3 Å². The van der Waals surface area contributed by atoms with Crippen LogP contribution in [0.1, 0.15) is 30.9 Å². The molecule has 4 rings (SSSR count). The van der Waals surface area contributed by atoms with E-state index in [2.05, 4.69) is 40.2 Å². The van der Waals surface area contributed by atoms with Gasteiger partial charge < -0.3 is 20.5 Å². The van der Waals surface area contributed by atoms with Gasteiger partial charge in [0, 0.05) is 43.5 Å². The van der Waals surface area contributed by atoms with Crippen molar-refractivity contribution >= 4 is 62.4 Å². The molecule has 0 bridgehead atoms. The third-order valence-corrected chi connectivity index (χ3v) is 6.52. The molecule has 3 N–H and O–H groups in total. The number of nitrogens with one attached hydrogen (secondary N) is 1. The second-order valence-electron chi connectivity index (χ2n) is 8.74. The minimum atomic E-state index is -3.08. The van der Waals surface area contributed by atoms with Crippen LogP contribution in [0.3, 0.4) is 0 Å². The number of aromatic nitrogens is 4. The van der Waals surface area contributed by atoms with Crippen LogP contribution in [-0.4, -0.2) is 41.2 Å². The second-order valence-corrected chi connectivity index (χ2v) is 10.9. The molecule has 0 aliphatic heterocycles. The molecule has 35 heavy (non-hydrogen) atoms. The first-order valence-corrected chi connectivity index (χ1v) is 12.9. The van der Waals surface area contributed by atoms with Crippen LogP contribution in [0.25, 0.3) is 11.0 Å². The highest BCUT2D eigenvalue weighted by Gasteiger charge is 2.20. The van der Waals surface area contributed by atoms with Crippen LogP contribution in [0.15, 0.2) is 48.7 Å². The number of sulfone groups is 1. The van der Waals surface area contributed by atoms with E-state index in [0.717, 1.165) is 39.4 Å². The Morgan fingerprint density at radius 3 is 2.40 bits per heavy atom. The molecule has 2 aromatic carbocycles. The SMILES string of the molecule is CC(C)c1c(N(C)c2ccnc(Nc3ccc(CS(C)(=O)=O)cc3)n2)ccc2c1nc(N)n2C.Cl. The monoisotopic (exact) mass is 515 g/mol. The van der Waals surface area contributed by atoms with Gasteiger partial charge in [0.1, 0.15) is 5.82 Å². The molecule has 0 spiro atoms. The summed E-state index contributed by atoms with van der Waals surface area (Å²) in [6.07, 6.45) is 2.92. The smallest absolute Gasteiger partial charge is 0.229 e. The summed E-state index contributed by atoms with van der Waals surface area (Å²) in [6, 6.07) is 13.1. The Kier molecular flexibility index (Phi) is 7.56. The van der Waals surface area contributed by atoms with Crippen LogP contribution in [-0.2, 0) is 22.6 Å². The number of nitrogens with two attached hydrogens (primary N) is 1. The minimum Gasteiger partial charge on any atom is -0.369 e. The van der Waals surface area contributed by atoms with Crippen molar-refractivity contribution in [1.82, 2.24) is 19.5 Å². The molecule has 0 aliphatic rings. The van der Waals surface area contributed by atoms with E-state index in [-0.39, 0.29) is 24.1 Å².